The Morgan fingerprint density at radius 1 is 1.19 bits per heavy atom. The van der Waals surface area contributed by atoms with E-state index in [0.29, 0.717) is 13.2 Å². The van der Waals surface area contributed by atoms with E-state index in [1.54, 1.807) is 7.11 Å². The summed E-state index contributed by atoms with van der Waals surface area (Å²) in [6, 6.07) is 7.62. The van der Waals surface area contributed by atoms with Crippen molar-refractivity contribution in [1.82, 2.24) is 5.32 Å². The summed E-state index contributed by atoms with van der Waals surface area (Å²) in [4.78, 5) is 0. The Hall–Kier alpha value is -1.63. The summed E-state index contributed by atoms with van der Waals surface area (Å²) < 4.78 is 10.3. The molecule has 0 aliphatic carbocycles. The van der Waals surface area contributed by atoms with Crippen molar-refractivity contribution in [3.63, 3.8) is 0 Å². The minimum Gasteiger partial charge on any atom is -0.409 e. The SMILES string of the molecule is COCCOCCCCNCc1ccc(/C(N)=N/O)cc1. The zero-order chi connectivity index (χ0) is 15.3. The Bertz CT molecular complexity index is 407. The van der Waals surface area contributed by atoms with Crippen LogP contribution in [-0.2, 0) is 16.0 Å². The van der Waals surface area contributed by atoms with Crippen LogP contribution in [0.3, 0.4) is 0 Å². The molecule has 0 heterocycles. The molecule has 0 amide bonds. The lowest BCUT2D eigenvalue weighted by Crippen LogP contribution is -2.16. The van der Waals surface area contributed by atoms with E-state index >= 15 is 0 Å². The van der Waals surface area contributed by atoms with Gasteiger partial charge in [-0.15, -0.1) is 0 Å². The van der Waals surface area contributed by atoms with Crippen LogP contribution in [-0.4, -0.2) is 44.5 Å². The largest absolute Gasteiger partial charge is 0.409 e. The topological polar surface area (TPSA) is 89.1 Å². The van der Waals surface area contributed by atoms with Gasteiger partial charge in [-0.3, -0.25) is 0 Å². The average molecular weight is 295 g/mol. The molecule has 1 aromatic rings. The van der Waals surface area contributed by atoms with E-state index in [0.717, 1.165) is 38.1 Å². The van der Waals surface area contributed by atoms with Gasteiger partial charge in [0.25, 0.3) is 0 Å². The second-order valence-corrected chi connectivity index (χ2v) is 4.67. The monoisotopic (exact) mass is 295 g/mol. The average Bonchev–Trinajstić information content (AvgIpc) is 2.53. The molecule has 0 unspecified atom stereocenters. The van der Waals surface area contributed by atoms with E-state index in [4.69, 9.17) is 20.4 Å². The van der Waals surface area contributed by atoms with E-state index in [1.807, 2.05) is 24.3 Å². The second kappa shape index (κ2) is 11.1. The number of benzene rings is 1. The van der Waals surface area contributed by atoms with Crippen LogP contribution in [0.25, 0.3) is 0 Å². The molecule has 0 aliphatic rings. The molecule has 0 atom stereocenters. The molecule has 0 spiro atoms. The van der Waals surface area contributed by atoms with Crippen LogP contribution in [0.1, 0.15) is 24.0 Å². The van der Waals surface area contributed by atoms with E-state index in [2.05, 4.69) is 10.5 Å². The standard InChI is InChI=1S/C15H25N3O3/c1-20-10-11-21-9-3-2-8-17-12-13-4-6-14(7-5-13)15(16)18-19/h4-7,17,19H,2-3,8-12H2,1H3,(H2,16,18). The van der Waals surface area contributed by atoms with Crippen molar-refractivity contribution in [2.75, 3.05) is 33.5 Å². The molecule has 0 aromatic heterocycles. The summed E-state index contributed by atoms with van der Waals surface area (Å²) in [6.45, 7) is 3.85. The smallest absolute Gasteiger partial charge is 0.170 e. The Morgan fingerprint density at radius 2 is 1.95 bits per heavy atom. The lowest BCUT2D eigenvalue weighted by molar-refractivity contribution is 0.0688. The fourth-order valence-corrected chi connectivity index (χ4v) is 1.78. The Kier molecular flexibility index (Phi) is 9.19. The minimum atomic E-state index is 0.128. The lowest BCUT2D eigenvalue weighted by Gasteiger charge is -2.06. The predicted octanol–water partition coefficient (Wildman–Crippen LogP) is 1.31. The van der Waals surface area contributed by atoms with Crippen LogP contribution in [0.5, 0.6) is 0 Å². The van der Waals surface area contributed by atoms with Gasteiger partial charge in [0, 0.05) is 25.8 Å². The van der Waals surface area contributed by atoms with Crippen LogP contribution in [0.2, 0.25) is 0 Å². The summed E-state index contributed by atoms with van der Waals surface area (Å²) in [5, 5.41) is 14.9. The summed E-state index contributed by atoms with van der Waals surface area (Å²) >= 11 is 0. The van der Waals surface area contributed by atoms with Gasteiger partial charge in [0.2, 0.25) is 0 Å². The van der Waals surface area contributed by atoms with Gasteiger partial charge in [0.05, 0.1) is 13.2 Å². The minimum absolute atomic E-state index is 0.128. The maximum Gasteiger partial charge on any atom is 0.170 e. The number of rotatable bonds is 11. The highest BCUT2D eigenvalue weighted by molar-refractivity contribution is 5.96. The van der Waals surface area contributed by atoms with Gasteiger partial charge in [0.1, 0.15) is 0 Å². The van der Waals surface area contributed by atoms with Crippen molar-refractivity contribution in [3.8, 4) is 0 Å². The zero-order valence-corrected chi connectivity index (χ0v) is 12.5. The highest BCUT2D eigenvalue weighted by atomic mass is 16.5. The first-order chi connectivity index (χ1) is 10.3. The van der Waals surface area contributed by atoms with Crippen molar-refractivity contribution < 1.29 is 14.7 Å². The molecule has 1 aromatic carbocycles. The van der Waals surface area contributed by atoms with Gasteiger partial charge in [-0.1, -0.05) is 29.4 Å². The van der Waals surface area contributed by atoms with Gasteiger partial charge >= 0.3 is 0 Å². The number of nitrogens with one attached hydrogen (secondary N) is 1. The third-order valence-corrected chi connectivity index (χ3v) is 3.01. The van der Waals surface area contributed by atoms with Crippen LogP contribution >= 0.6 is 0 Å². The second-order valence-electron chi connectivity index (χ2n) is 4.67. The molecule has 0 saturated heterocycles. The molecule has 0 fully saturated rings. The predicted molar refractivity (Wildman–Crippen MR) is 82.6 cm³/mol. The van der Waals surface area contributed by atoms with Gasteiger partial charge in [-0.25, -0.2) is 0 Å². The summed E-state index contributed by atoms with van der Waals surface area (Å²) in [5.41, 5.74) is 7.39. The van der Waals surface area contributed by atoms with Gasteiger partial charge in [-0.2, -0.15) is 0 Å². The fraction of sp³-hybridized carbons (Fsp3) is 0.533. The maximum atomic E-state index is 8.58. The van der Waals surface area contributed by atoms with E-state index in [9.17, 15) is 0 Å². The van der Waals surface area contributed by atoms with Crippen LogP contribution in [0.15, 0.2) is 29.4 Å². The van der Waals surface area contributed by atoms with Crippen LogP contribution in [0.4, 0.5) is 0 Å². The molecule has 4 N–H and O–H groups in total. The van der Waals surface area contributed by atoms with Crippen LogP contribution in [0, 0.1) is 0 Å². The number of methoxy groups -OCH3 is 1. The van der Waals surface area contributed by atoms with Gasteiger partial charge in [0.15, 0.2) is 5.84 Å². The summed E-state index contributed by atoms with van der Waals surface area (Å²) in [7, 11) is 1.67. The first-order valence-corrected chi connectivity index (χ1v) is 7.12. The molecule has 0 radical (unpaired) electrons. The molecule has 6 heteroatoms. The molecule has 0 saturated carbocycles. The van der Waals surface area contributed by atoms with Gasteiger partial charge < -0.3 is 25.7 Å². The molecule has 0 aliphatic heterocycles. The molecular formula is C15H25N3O3. The van der Waals surface area contributed by atoms with Crippen molar-refractivity contribution >= 4 is 5.84 Å². The quantitative estimate of drug-likeness (QED) is 0.188. The van der Waals surface area contributed by atoms with E-state index in [-0.39, 0.29) is 5.84 Å². The normalized spacial score (nSPS) is 11.8. The number of nitrogens with zero attached hydrogens (tertiary/aromatic N) is 1. The van der Waals surface area contributed by atoms with Crippen molar-refractivity contribution in [3.05, 3.63) is 35.4 Å². The number of hydrogen-bond donors (Lipinski definition) is 3. The third kappa shape index (κ3) is 7.65. The van der Waals surface area contributed by atoms with E-state index < -0.39 is 0 Å². The summed E-state index contributed by atoms with van der Waals surface area (Å²) in [5.74, 6) is 0.128. The zero-order valence-electron chi connectivity index (χ0n) is 12.5. The molecule has 0 bridgehead atoms. The number of unbranched alkanes of at least 4 members (excludes halogenated alkanes) is 1. The number of nitrogens with two attached hydrogens (primary N) is 1. The van der Waals surface area contributed by atoms with Crippen LogP contribution < -0.4 is 11.1 Å². The van der Waals surface area contributed by atoms with Gasteiger partial charge in [-0.05, 0) is 24.9 Å². The Balaban J connectivity index is 2.08. The Morgan fingerprint density at radius 3 is 2.62 bits per heavy atom. The number of oxime groups is 1. The number of ether oxygens (including phenoxy) is 2. The maximum absolute atomic E-state index is 8.58. The molecule has 1 rings (SSSR count). The number of amidine groups is 1. The lowest BCUT2D eigenvalue weighted by atomic mass is 10.1. The highest BCUT2D eigenvalue weighted by Gasteiger charge is 1.99. The molecular weight excluding hydrogens is 270 g/mol. The molecule has 118 valence electrons. The van der Waals surface area contributed by atoms with E-state index in [1.165, 1.54) is 5.56 Å². The fourth-order valence-electron chi connectivity index (χ4n) is 1.78. The molecule has 21 heavy (non-hydrogen) atoms. The van der Waals surface area contributed by atoms with Crippen molar-refractivity contribution in [1.29, 1.82) is 0 Å². The first-order valence-electron chi connectivity index (χ1n) is 7.12. The summed E-state index contributed by atoms with van der Waals surface area (Å²) in [6.07, 6.45) is 2.12. The Labute approximate surface area is 125 Å². The highest BCUT2D eigenvalue weighted by Crippen LogP contribution is 2.04. The van der Waals surface area contributed by atoms with Crippen molar-refractivity contribution in [2.24, 2.45) is 10.9 Å². The molecule has 6 nitrogen and oxygen atoms in total. The number of hydrogen-bond acceptors (Lipinski definition) is 5. The first kappa shape index (κ1) is 17.4. The third-order valence-electron chi connectivity index (χ3n) is 3.01. The van der Waals surface area contributed by atoms with Crippen molar-refractivity contribution in [2.45, 2.75) is 19.4 Å².